The smallest absolute Gasteiger partial charge is 0.550 e. The normalized spacial score (nSPS) is 24.6. The van der Waals surface area contributed by atoms with E-state index in [9.17, 15) is 9.90 Å². The predicted molar refractivity (Wildman–Crippen MR) is 146 cm³/mol. The Hall–Kier alpha value is -0.430. The van der Waals surface area contributed by atoms with Gasteiger partial charge in [-0.25, -0.2) is 0 Å². The Bertz CT molecular complexity index is 796. The average Bonchev–Trinajstić information content (AvgIpc) is 3.34. The van der Waals surface area contributed by atoms with Crippen molar-refractivity contribution in [2.45, 2.75) is 154 Å². The van der Waals surface area contributed by atoms with Crippen LogP contribution in [0.25, 0.3) is 0 Å². The van der Waals surface area contributed by atoms with Crippen LogP contribution in [-0.4, -0.2) is 36.2 Å². The van der Waals surface area contributed by atoms with E-state index in [0.29, 0.717) is 5.92 Å². The van der Waals surface area contributed by atoms with Crippen LogP contribution in [0.4, 0.5) is 0 Å². The molecule has 5 atom stereocenters. The van der Waals surface area contributed by atoms with Gasteiger partial charge in [0.25, 0.3) is 0 Å². The van der Waals surface area contributed by atoms with Gasteiger partial charge in [0.1, 0.15) is 12.2 Å². The van der Waals surface area contributed by atoms with Crippen molar-refractivity contribution in [3.8, 4) is 0 Å². The van der Waals surface area contributed by atoms with Crippen LogP contribution in [0.3, 0.4) is 0 Å². The quantitative estimate of drug-likeness (QED) is 0.211. The molecular formula is C32H51NaO5. The second kappa shape index (κ2) is 17.4. The van der Waals surface area contributed by atoms with Gasteiger partial charge in [0.15, 0.2) is 5.79 Å². The summed E-state index contributed by atoms with van der Waals surface area (Å²) < 4.78 is 19.3. The molecule has 2 aliphatic rings. The zero-order valence-corrected chi connectivity index (χ0v) is 26.8. The van der Waals surface area contributed by atoms with Gasteiger partial charge in [0, 0.05) is 12.4 Å². The maximum atomic E-state index is 10.8. The number of unbranched alkanes of at least 4 members (excludes halogenated alkanes) is 9. The molecule has 3 rings (SSSR count). The fourth-order valence-electron chi connectivity index (χ4n) is 6.02. The molecule has 2 heterocycles. The van der Waals surface area contributed by atoms with Crippen molar-refractivity contribution < 1.29 is 53.7 Å². The molecule has 6 heteroatoms. The molecule has 0 amide bonds. The first-order chi connectivity index (χ1) is 17.8. The first-order valence-corrected chi connectivity index (χ1v) is 15.1. The van der Waals surface area contributed by atoms with E-state index in [0.717, 1.165) is 31.2 Å². The molecule has 1 aromatic rings. The molecule has 0 saturated carbocycles. The summed E-state index contributed by atoms with van der Waals surface area (Å²) >= 11 is 0. The number of carboxylic acid groups (broad SMARTS) is 1. The number of benzene rings is 1. The van der Waals surface area contributed by atoms with Gasteiger partial charge in [-0.05, 0) is 56.6 Å². The van der Waals surface area contributed by atoms with E-state index in [-0.39, 0.29) is 60.4 Å². The average molecular weight is 539 g/mol. The topological polar surface area (TPSA) is 67.8 Å². The molecule has 1 aromatic carbocycles. The first-order valence-electron chi connectivity index (χ1n) is 15.1. The summed E-state index contributed by atoms with van der Waals surface area (Å²) in [7, 11) is 0. The molecule has 2 aliphatic heterocycles. The molecule has 5 nitrogen and oxygen atoms in total. The number of hydrogen-bond donors (Lipinski definition) is 0. The van der Waals surface area contributed by atoms with E-state index in [4.69, 9.17) is 14.2 Å². The Kier molecular flexibility index (Phi) is 15.5. The van der Waals surface area contributed by atoms with E-state index in [1.165, 1.54) is 69.8 Å². The molecular weight excluding hydrogens is 487 g/mol. The van der Waals surface area contributed by atoms with Gasteiger partial charge in [0.2, 0.25) is 0 Å². The largest absolute Gasteiger partial charge is 1.00 e. The molecule has 1 unspecified atom stereocenters. The van der Waals surface area contributed by atoms with Gasteiger partial charge in [0.05, 0.1) is 12.2 Å². The third-order valence-corrected chi connectivity index (χ3v) is 8.09. The number of carbonyl (C=O) groups is 1. The van der Waals surface area contributed by atoms with Crippen LogP contribution in [0.1, 0.15) is 122 Å². The van der Waals surface area contributed by atoms with E-state index in [1.807, 2.05) is 38.1 Å². The Labute approximate surface area is 254 Å². The molecule has 0 N–H and O–H groups in total. The summed E-state index contributed by atoms with van der Waals surface area (Å²) in [5, 5.41) is 10.8. The molecule has 0 aliphatic carbocycles. The van der Waals surface area contributed by atoms with Crippen LogP contribution in [0, 0.1) is 5.92 Å². The van der Waals surface area contributed by atoms with Crippen molar-refractivity contribution in [3.63, 3.8) is 0 Å². The Morgan fingerprint density at radius 3 is 2.03 bits per heavy atom. The Balaban J connectivity index is 0.00000507. The summed E-state index contributed by atoms with van der Waals surface area (Å²) in [5.41, 5.74) is 2.02. The first kappa shape index (κ1) is 33.8. The summed E-state index contributed by atoms with van der Waals surface area (Å²) in [6, 6.07) is 7.85. The van der Waals surface area contributed by atoms with Crippen molar-refractivity contribution in [2.75, 3.05) is 0 Å². The van der Waals surface area contributed by atoms with Gasteiger partial charge < -0.3 is 24.1 Å². The minimum absolute atomic E-state index is 0. The summed E-state index contributed by atoms with van der Waals surface area (Å²) in [6.07, 6.45) is 17.8. The summed E-state index contributed by atoms with van der Waals surface area (Å²) in [5.74, 6) is -1.19. The van der Waals surface area contributed by atoms with Gasteiger partial charge >= 0.3 is 29.6 Å². The number of aliphatic carboxylic acids is 1. The molecule has 210 valence electrons. The second-order valence-corrected chi connectivity index (χ2v) is 11.9. The SMILES string of the molecule is CCCCCCCCCCCC[C@H]1OC([C@H](C)CCCc2ccc(CC(=O)[O-])cc2)[C@@H]2OC(C)(C)O[C@H]12.[Na+]. The fourth-order valence-corrected chi connectivity index (χ4v) is 6.02. The monoisotopic (exact) mass is 538 g/mol. The van der Waals surface area contributed by atoms with E-state index in [1.54, 1.807) is 0 Å². The van der Waals surface area contributed by atoms with Crippen molar-refractivity contribution in [1.82, 2.24) is 0 Å². The van der Waals surface area contributed by atoms with Gasteiger partial charge in [-0.2, -0.15) is 0 Å². The van der Waals surface area contributed by atoms with Crippen LogP contribution < -0.4 is 34.7 Å². The van der Waals surface area contributed by atoms with Gasteiger partial charge in [-0.3, -0.25) is 0 Å². The molecule has 0 spiro atoms. The third-order valence-electron chi connectivity index (χ3n) is 8.09. The van der Waals surface area contributed by atoms with Crippen LogP contribution in [0.5, 0.6) is 0 Å². The fraction of sp³-hybridized carbons (Fsp3) is 0.781. The maximum absolute atomic E-state index is 10.8. The minimum atomic E-state index is -1.04. The number of carbonyl (C=O) groups excluding carboxylic acids is 1. The number of rotatable bonds is 18. The zero-order chi connectivity index (χ0) is 26.7. The van der Waals surface area contributed by atoms with E-state index >= 15 is 0 Å². The van der Waals surface area contributed by atoms with Crippen molar-refractivity contribution >= 4 is 5.97 Å². The second-order valence-electron chi connectivity index (χ2n) is 11.9. The Morgan fingerprint density at radius 1 is 0.868 bits per heavy atom. The summed E-state index contributed by atoms with van der Waals surface area (Å²) in [4.78, 5) is 10.8. The number of fused-ring (bicyclic) bond motifs is 1. The van der Waals surface area contributed by atoms with Crippen LogP contribution >= 0.6 is 0 Å². The standard InChI is InChI=1S/C32H52O5.Na/c1-5-6-7-8-9-10-11-12-13-14-18-27-30-31(37-32(3,4)36-30)29(35-27)24(2)16-15-17-25-19-21-26(22-20-25)23-28(33)34;/h19-22,24,27,29-31H,5-18,23H2,1-4H3,(H,33,34);/q;+1/p-1/t24-,27-,29?,30-,31+;/m1./s1. The van der Waals surface area contributed by atoms with Crippen LogP contribution in [-0.2, 0) is 31.8 Å². The van der Waals surface area contributed by atoms with Crippen molar-refractivity contribution in [1.29, 1.82) is 0 Å². The molecule has 0 aromatic heterocycles. The van der Waals surface area contributed by atoms with Crippen molar-refractivity contribution in [2.24, 2.45) is 5.92 Å². The number of aryl methyl sites for hydroxylation is 1. The van der Waals surface area contributed by atoms with Crippen LogP contribution in [0.2, 0.25) is 0 Å². The maximum Gasteiger partial charge on any atom is 1.00 e. The third kappa shape index (κ3) is 11.2. The molecule has 0 radical (unpaired) electrons. The van der Waals surface area contributed by atoms with Gasteiger partial charge in [-0.15, -0.1) is 0 Å². The molecule has 2 saturated heterocycles. The predicted octanol–water partition coefficient (Wildman–Crippen LogP) is 3.54. The number of carboxylic acids is 1. The zero-order valence-electron chi connectivity index (χ0n) is 24.8. The van der Waals surface area contributed by atoms with Crippen molar-refractivity contribution in [3.05, 3.63) is 35.4 Å². The Morgan fingerprint density at radius 2 is 1.42 bits per heavy atom. The van der Waals surface area contributed by atoms with Crippen LogP contribution in [0.15, 0.2) is 24.3 Å². The van der Waals surface area contributed by atoms with Gasteiger partial charge in [-0.1, -0.05) is 102 Å². The van der Waals surface area contributed by atoms with E-state index in [2.05, 4.69) is 13.8 Å². The molecule has 2 fully saturated rings. The molecule has 38 heavy (non-hydrogen) atoms. The minimum Gasteiger partial charge on any atom is -0.550 e. The molecule has 0 bridgehead atoms. The number of ether oxygens (including phenoxy) is 3. The summed E-state index contributed by atoms with van der Waals surface area (Å²) in [6.45, 7) is 8.60. The number of hydrogen-bond acceptors (Lipinski definition) is 5. The van der Waals surface area contributed by atoms with E-state index < -0.39 is 11.8 Å².